The maximum absolute atomic E-state index is 13.7. The molecule has 12 heteroatoms. The van der Waals surface area contributed by atoms with Gasteiger partial charge >= 0.3 is 12.4 Å². The van der Waals surface area contributed by atoms with Crippen molar-refractivity contribution in [2.24, 2.45) is 0 Å². The number of rotatable bonds is 4. The average molecular weight is 500 g/mol. The van der Waals surface area contributed by atoms with Gasteiger partial charge in [-0.25, -0.2) is 4.98 Å². The van der Waals surface area contributed by atoms with Gasteiger partial charge in [-0.05, 0) is 42.5 Å². The maximum atomic E-state index is 13.7. The zero-order chi connectivity index (χ0) is 24.7. The highest BCUT2D eigenvalue weighted by atomic mass is 35.5. The van der Waals surface area contributed by atoms with Crippen molar-refractivity contribution in [1.82, 2.24) is 15.3 Å². The summed E-state index contributed by atoms with van der Waals surface area (Å²) in [7, 11) is 0. The highest BCUT2D eigenvalue weighted by Crippen LogP contribution is 2.35. The van der Waals surface area contributed by atoms with Gasteiger partial charge in [0.1, 0.15) is 0 Å². The van der Waals surface area contributed by atoms with Crippen molar-refractivity contribution in [3.8, 4) is 11.4 Å². The Labute approximate surface area is 193 Å². The number of nitrogens with one attached hydrogen (secondary N) is 2. The lowest BCUT2D eigenvalue weighted by molar-refractivity contribution is -0.498. The first-order valence-corrected chi connectivity index (χ1v) is 10.0. The Morgan fingerprint density at radius 3 is 2.38 bits per heavy atom. The van der Waals surface area contributed by atoms with E-state index < -0.39 is 35.6 Å². The lowest BCUT2D eigenvalue weighted by Crippen LogP contribution is -2.39. The monoisotopic (exact) mass is 499 g/mol. The molecule has 176 valence electrons. The summed E-state index contributed by atoms with van der Waals surface area (Å²) in [6.07, 6.45) is -6.79. The second kappa shape index (κ2) is 8.64. The van der Waals surface area contributed by atoms with Crippen molar-refractivity contribution >= 4 is 23.0 Å². The Hall–Kier alpha value is -3.60. The molecule has 0 aliphatic carbocycles. The summed E-state index contributed by atoms with van der Waals surface area (Å²) < 4.78 is 81.4. The number of hydrogen-bond donors (Lipinski definition) is 2. The first-order valence-electron chi connectivity index (χ1n) is 9.65. The average Bonchev–Trinajstić information content (AvgIpc) is 3.16. The van der Waals surface area contributed by atoms with Crippen LogP contribution < -0.4 is 9.72 Å². The molecule has 4 rings (SSSR count). The zero-order valence-electron chi connectivity index (χ0n) is 16.9. The first kappa shape index (κ1) is 23.6. The number of carbonyl (C=O) groups excluding carboxylic acids is 1. The van der Waals surface area contributed by atoms with Crippen LogP contribution in [0.1, 0.15) is 27.8 Å². The van der Waals surface area contributed by atoms with Crippen LogP contribution in [0, 0.1) is 0 Å². The topological polar surface area (TPSA) is 61.9 Å². The first-order chi connectivity index (χ1) is 16.0. The van der Waals surface area contributed by atoms with E-state index in [1.807, 2.05) is 5.32 Å². The number of fused-ring (bicyclic) bond motifs is 1. The number of H-pyrrole nitrogens is 1. The zero-order valence-corrected chi connectivity index (χ0v) is 17.6. The van der Waals surface area contributed by atoms with Gasteiger partial charge in [-0.2, -0.15) is 30.7 Å². The number of alkyl halides is 6. The van der Waals surface area contributed by atoms with Crippen LogP contribution in [0.2, 0.25) is 5.02 Å². The molecular weight excluding hydrogens is 486 g/mol. The van der Waals surface area contributed by atoms with Gasteiger partial charge in [0.25, 0.3) is 11.7 Å². The van der Waals surface area contributed by atoms with Gasteiger partial charge in [-0.15, -0.1) is 0 Å². The smallest absolute Gasteiger partial charge is 0.332 e. The number of hydrogen-bond acceptors (Lipinski definition) is 2. The third-order valence-electron chi connectivity index (χ3n) is 4.97. The van der Waals surface area contributed by atoms with Crippen LogP contribution in [0.4, 0.5) is 26.3 Å². The Kier molecular flexibility index (Phi) is 5.98. The van der Waals surface area contributed by atoms with Gasteiger partial charge < -0.3 is 5.32 Å². The van der Waals surface area contributed by atoms with E-state index in [0.29, 0.717) is 0 Å². The van der Waals surface area contributed by atoms with Crippen LogP contribution in [0.25, 0.3) is 16.9 Å². The van der Waals surface area contributed by atoms with E-state index in [2.05, 4.69) is 9.97 Å². The number of aromatic amines is 1. The van der Waals surface area contributed by atoms with Crippen molar-refractivity contribution in [2.75, 3.05) is 0 Å². The number of benzene rings is 1. The van der Waals surface area contributed by atoms with Crippen molar-refractivity contribution in [2.45, 2.75) is 18.4 Å². The van der Waals surface area contributed by atoms with Crippen LogP contribution in [-0.4, -0.2) is 22.1 Å². The van der Waals surface area contributed by atoms with Gasteiger partial charge in [0, 0.05) is 6.20 Å². The number of nitrogens with zero attached hydrogens (tertiary/aromatic N) is 2. The van der Waals surface area contributed by atoms with E-state index in [-0.39, 0.29) is 27.6 Å². The molecule has 0 spiro atoms. The molecule has 0 fully saturated rings. The highest BCUT2D eigenvalue weighted by molar-refractivity contribution is 6.33. The number of halogens is 7. The Morgan fingerprint density at radius 2 is 1.76 bits per heavy atom. The fraction of sp³-hybridized carbons (Fsp3) is 0.136. The van der Waals surface area contributed by atoms with Crippen molar-refractivity contribution in [3.05, 3.63) is 89.0 Å². The van der Waals surface area contributed by atoms with Crippen LogP contribution >= 0.6 is 11.6 Å². The molecule has 3 aromatic heterocycles. The van der Waals surface area contributed by atoms with Crippen LogP contribution in [0.5, 0.6) is 0 Å². The molecule has 5 nitrogen and oxygen atoms in total. The summed E-state index contributed by atoms with van der Waals surface area (Å²) in [5.41, 5.74) is -1.31. The second-order valence-corrected chi connectivity index (χ2v) is 7.61. The Morgan fingerprint density at radius 1 is 1.03 bits per heavy atom. The molecule has 4 aromatic rings. The normalized spacial score (nSPS) is 13.1. The molecular formula is C22H14ClF6N4O+. The van der Waals surface area contributed by atoms with E-state index in [0.717, 1.165) is 24.3 Å². The number of aromatic nitrogens is 3. The minimum Gasteiger partial charge on any atom is -0.332 e. The van der Waals surface area contributed by atoms with Crippen molar-refractivity contribution < 1.29 is 35.5 Å². The fourth-order valence-electron chi connectivity index (χ4n) is 3.41. The molecule has 0 aliphatic heterocycles. The summed E-state index contributed by atoms with van der Waals surface area (Å²) >= 11 is 6.09. The number of pyridine rings is 2. The molecule has 2 N–H and O–H groups in total. The molecule has 0 radical (unpaired) electrons. The van der Waals surface area contributed by atoms with Crippen molar-refractivity contribution in [1.29, 1.82) is 0 Å². The number of amides is 1. The summed E-state index contributed by atoms with van der Waals surface area (Å²) in [4.78, 5) is 19.3. The second-order valence-electron chi connectivity index (χ2n) is 7.20. The molecule has 1 amide bonds. The largest absolute Gasteiger partial charge is 0.416 e. The van der Waals surface area contributed by atoms with Gasteiger partial charge in [-0.3, -0.25) is 9.78 Å². The Balaban J connectivity index is 1.77. The predicted octanol–water partition coefficient (Wildman–Crippen LogP) is 5.52. The summed E-state index contributed by atoms with van der Waals surface area (Å²) in [5.74, 6) is -0.980. The van der Waals surface area contributed by atoms with Gasteiger partial charge in [0.15, 0.2) is 11.6 Å². The third kappa shape index (κ3) is 4.56. The lowest BCUT2D eigenvalue weighted by atomic mass is 10.1. The SMILES string of the molecule is O=C(NC(c1ccccn1)C(F)(F)F)c1[nH]c(-c2ccc(C(F)(F)F)cc2Cl)[n+]2ccccc12. The molecule has 0 aliphatic rings. The molecule has 34 heavy (non-hydrogen) atoms. The van der Waals surface area contributed by atoms with E-state index in [1.54, 1.807) is 12.1 Å². The summed E-state index contributed by atoms with van der Waals surface area (Å²) in [5, 5.41) is 1.68. The highest BCUT2D eigenvalue weighted by Gasteiger charge is 2.44. The van der Waals surface area contributed by atoms with E-state index in [1.165, 1.54) is 35.0 Å². The molecule has 0 bridgehead atoms. The maximum Gasteiger partial charge on any atom is 0.416 e. The van der Waals surface area contributed by atoms with E-state index >= 15 is 0 Å². The quantitative estimate of drug-likeness (QED) is 0.287. The minimum atomic E-state index is -4.83. The predicted molar refractivity (Wildman–Crippen MR) is 110 cm³/mol. The number of carbonyl (C=O) groups is 1. The summed E-state index contributed by atoms with van der Waals surface area (Å²) in [6, 6.07) is 8.81. The molecule has 0 saturated heterocycles. The third-order valence-corrected chi connectivity index (χ3v) is 5.28. The Bertz CT molecular complexity index is 1350. The summed E-state index contributed by atoms with van der Waals surface area (Å²) in [6.45, 7) is 0. The van der Waals surface area contributed by atoms with E-state index in [9.17, 15) is 31.1 Å². The van der Waals surface area contributed by atoms with Crippen LogP contribution in [0.3, 0.4) is 0 Å². The van der Waals surface area contributed by atoms with Crippen molar-refractivity contribution in [3.63, 3.8) is 0 Å². The van der Waals surface area contributed by atoms with Crippen LogP contribution in [-0.2, 0) is 6.18 Å². The van der Waals surface area contributed by atoms with E-state index in [4.69, 9.17) is 11.6 Å². The van der Waals surface area contributed by atoms with Gasteiger partial charge in [0.2, 0.25) is 5.69 Å². The standard InChI is InChI=1S/C22H13ClF6N4O/c23-14-11-12(21(24,25)26)7-8-13(14)19-31-17(16-6-2-4-10-33(16)19)20(34)32-18(22(27,28)29)15-5-1-3-9-30-15/h1-11,18H,(H,32,34)/p+1. The number of imidazole rings is 1. The molecule has 1 atom stereocenters. The fourth-order valence-corrected chi connectivity index (χ4v) is 3.68. The molecule has 1 aromatic carbocycles. The molecule has 3 heterocycles. The molecule has 1 unspecified atom stereocenters. The van der Waals surface area contributed by atoms with Crippen LogP contribution in [0.15, 0.2) is 67.0 Å². The van der Waals surface area contributed by atoms with Gasteiger partial charge in [-0.1, -0.05) is 23.7 Å². The van der Waals surface area contributed by atoms with Gasteiger partial charge in [0.05, 0.1) is 28.0 Å². The lowest BCUT2D eigenvalue weighted by Gasteiger charge is -2.20. The minimum absolute atomic E-state index is 0.112. The molecule has 0 saturated carbocycles.